The molecule has 0 spiro atoms. The molecule has 0 aliphatic heterocycles. The van der Waals surface area contributed by atoms with Gasteiger partial charge >= 0.3 is 0 Å². The van der Waals surface area contributed by atoms with Crippen LogP contribution in [0.25, 0.3) is 0 Å². The van der Waals surface area contributed by atoms with Crippen molar-refractivity contribution in [2.24, 2.45) is 11.3 Å². The molecule has 3 N–H and O–H groups in total. The summed E-state index contributed by atoms with van der Waals surface area (Å²) in [6, 6.07) is 12.9. The first-order valence-electron chi connectivity index (χ1n) is 11.2. The smallest absolute Gasteiger partial charge is 0.251 e. The molecule has 0 aliphatic carbocycles. The highest BCUT2D eigenvalue weighted by molar-refractivity contribution is 9.10. The molecular weight excluding hydrogens is 487 g/mol. The number of hydrogen-bond acceptors (Lipinski definition) is 3. The summed E-state index contributed by atoms with van der Waals surface area (Å²) < 4.78 is 13.7. The Labute approximate surface area is 204 Å². The van der Waals surface area contributed by atoms with E-state index in [0.29, 0.717) is 13.0 Å². The molecule has 180 valence electrons. The van der Waals surface area contributed by atoms with Crippen molar-refractivity contribution in [1.82, 2.24) is 10.6 Å². The Kier molecular flexibility index (Phi) is 10.0. The van der Waals surface area contributed by atoms with E-state index in [1.807, 2.05) is 30.3 Å². The van der Waals surface area contributed by atoms with Crippen LogP contribution in [0.5, 0.6) is 0 Å². The SMILES string of the molecule is CC(CC(O)C(Cc1ccccc1)NC(=O)c1ccc(F)c(Br)c1)C(=O)NCCC(C)(C)C. The van der Waals surface area contributed by atoms with Gasteiger partial charge < -0.3 is 15.7 Å². The summed E-state index contributed by atoms with van der Waals surface area (Å²) in [5, 5.41) is 16.8. The fourth-order valence-corrected chi connectivity index (χ4v) is 3.79. The van der Waals surface area contributed by atoms with Gasteiger partial charge in [-0.1, -0.05) is 58.0 Å². The first-order valence-corrected chi connectivity index (χ1v) is 12.0. The van der Waals surface area contributed by atoms with Crippen LogP contribution in [-0.4, -0.2) is 35.6 Å². The van der Waals surface area contributed by atoms with E-state index >= 15 is 0 Å². The highest BCUT2D eigenvalue weighted by atomic mass is 79.9. The van der Waals surface area contributed by atoms with Crippen LogP contribution >= 0.6 is 15.9 Å². The molecule has 2 aromatic rings. The quantitative estimate of drug-likeness (QED) is 0.418. The number of aliphatic hydroxyl groups excluding tert-OH is 1. The van der Waals surface area contributed by atoms with Gasteiger partial charge in [0.15, 0.2) is 0 Å². The van der Waals surface area contributed by atoms with Crippen LogP contribution in [0, 0.1) is 17.2 Å². The molecule has 2 amide bonds. The first-order chi connectivity index (χ1) is 15.5. The molecule has 0 bridgehead atoms. The zero-order valence-corrected chi connectivity index (χ0v) is 21.3. The maximum atomic E-state index is 13.6. The van der Waals surface area contributed by atoms with Gasteiger partial charge in [0.2, 0.25) is 5.91 Å². The van der Waals surface area contributed by atoms with E-state index in [1.54, 1.807) is 6.92 Å². The molecule has 33 heavy (non-hydrogen) atoms. The van der Waals surface area contributed by atoms with E-state index in [0.717, 1.165) is 12.0 Å². The van der Waals surface area contributed by atoms with Crippen molar-refractivity contribution in [3.8, 4) is 0 Å². The maximum absolute atomic E-state index is 13.6. The molecule has 0 saturated heterocycles. The molecule has 0 aliphatic rings. The largest absolute Gasteiger partial charge is 0.391 e. The zero-order chi connectivity index (χ0) is 24.6. The number of carbonyl (C=O) groups excluding carboxylic acids is 2. The molecule has 0 saturated carbocycles. The second-order valence-electron chi connectivity index (χ2n) is 9.70. The van der Waals surface area contributed by atoms with Crippen LogP contribution in [-0.2, 0) is 11.2 Å². The second kappa shape index (κ2) is 12.3. The number of halogens is 2. The Morgan fingerprint density at radius 3 is 2.39 bits per heavy atom. The van der Waals surface area contributed by atoms with E-state index < -0.39 is 29.8 Å². The van der Waals surface area contributed by atoms with Crippen molar-refractivity contribution >= 4 is 27.7 Å². The predicted molar refractivity (Wildman–Crippen MR) is 132 cm³/mol. The summed E-state index contributed by atoms with van der Waals surface area (Å²) in [5.41, 5.74) is 1.35. The Bertz CT molecular complexity index is 931. The predicted octanol–water partition coefficient (Wildman–Crippen LogP) is 4.87. The highest BCUT2D eigenvalue weighted by Gasteiger charge is 2.27. The number of nitrogens with one attached hydrogen (secondary N) is 2. The van der Waals surface area contributed by atoms with E-state index in [2.05, 4.69) is 47.3 Å². The van der Waals surface area contributed by atoms with Crippen LogP contribution in [0.4, 0.5) is 4.39 Å². The van der Waals surface area contributed by atoms with Crippen molar-refractivity contribution in [3.05, 3.63) is 69.9 Å². The Balaban J connectivity index is 2.07. The Morgan fingerprint density at radius 1 is 1.12 bits per heavy atom. The van der Waals surface area contributed by atoms with Crippen molar-refractivity contribution in [3.63, 3.8) is 0 Å². The molecule has 0 aromatic heterocycles. The maximum Gasteiger partial charge on any atom is 0.251 e. The minimum absolute atomic E-state index is 0.120. The number of rotatable bonds is 10. The second-order valence-corrected chi connectivity index (χ2v) is 10.6. The van der Waals surface area contributed by atoms with Crippen LogP contribution < -0.4 is 10.6 Å². The standard InChI is InChI=1S/C26H34BrFN2O3/c1-17(24(32)29-13-12-26(2,3)4)14-23(31)22(15-18-8-6-5-7-9-18)30-25(33)19-10-11-21(28)20(27)16-19/h5-11,16-17,22-23,31H,12-15H2,1-4H3,(H,29,32)(H,30,33). The molecule has 3 unspecified atom stereocenters. The summed E-state index contributed by atoms with van der Waals surface area (Å²) in [6.45, 7) is 8.69. The third-order valence-corrected chi connectivity index (χ3v) is 6.09. The van der Waals surface area contributed by atoms with Crippen LogP contribution in [0.1, 0.15) is 56.5 Å². The number of hydrogen-bond donors (Lipinski definition) is 3. The van der Waals surface area contributed by atoms with Crippen molar-refractivity contribution < 1.29 is 19.1 Å². The molecule has 3 atom stereocenters. The van der Waals surface area contributed by atoms with Gasteiger partial charge in [0, 0.05) is 18.0 Å². The molecule has 0 radical (unpaired) electrons. The van der Waals surface area contributed by atoms with Crippen molar-refractivity contribution in [2.75, 3.05) is 6.54 Å². The number of benzene rings is 2. The molecule has 7 heteroatoms. The lowest BCUT2D eigenvalue weighted by Gasteiger charge is -2.27. The number of aliphatic hydroxyl groups is 1. The zero-order valence-electron chi connectivity index (χ0n) is 19.7. The van der Waals surface area contributed by atoms with E-state index in [-0.39, 0.29) is 27.8 Å². The summed E-state index contributed by atoms with van der Waals surface area (Å²) >= 11 is 3.10. The molecule has 2 rings (SSSR count). The summed E-state index contributed by atoms with van der Waals surface area (Å²) in [6.07, 6.45) is 0.510. The van der Waals surface area contributed by atoms with Gasteiger partial charge in [-0.25, -0.2) is 4.39 Å². The molecule has 0 fully saturated rings. The van der Waals surface area contributed by atoms with Crippen molar-refractivity contribution in [1.29, 1.82) is 0 Å². The first kappa shape index (κ1) is 27.0. The average molecular weight is 521 g/mol. The minimum Gasteiger partial charge on any atom is -0.391 e. The highest BCUT2D eigenvalue weighted by Crippen LogP contribution is 2.19. The summed E-state index contributed by atoms with van der Waals surface area (Å²) in [4.78, 5) is 25.3. The average Bonchev–Trinajstić information content (AvgIpc) is 2.74. The fourth-order valence-electron chi connectivity index (χ4n) is 3.41. The Hall–Kier alpha value is -2.25. The monoisotopic (exact) mass is 520 g/mol. The molecule has 5 nitrogen and oxygen atoms in total. The normalized spacial score (nSPS) is 14.3. The summed E-state index contributed by atoms with van der Waals surface area (Å²) in [7, 11) is 0. The van der Waals surface area contributed by atoms with Gasteiger partial charge in [-0.15, -0.1) is 0 Å². The van der Waals surface area contributed by atoms with E-state index in [9.17, 15) is 19.1 Å². The molecular formula is C26H34BrFN2O3. The van der Waals surface area contributed by atoms with Crippen LogP contribution in [0.15, 0.2) is 53.0 Å². The van der Waals surface area contributed by atoms with Gasteiger partial charge in [-0.2, -0.15) is 0 Å². The van der Waals surface area contributed by atoms with Gasteiger partial charge in [-0.3, -0.25) is 9.59 Å². The Morgan fingerprint density at radius 2 is 1.79 bits per heavy atom. The molecule has 0 heterocycles. The topological polar surface area (TPSA) is 78.4 Å². The lowest BCUT2D eigenvalue weighted by atomic mass is 9.91. The lowest BCUT2D eigenvalue weighted by Crippen LogP contribution is -2.46. The third-order valence-electron chi connectivity index (χ3n) is 5.48. The van der Waals surface area contributed by atoms with Gasteiger partial charge in [0.25, 0.3) is 5.91 Å². The van der Waals surface area contributed by atoms with Crippen LogP contribution in [0.3, 0.4) is 0 Å². The fraction of sp³-hybridized carbons (Fsp3) is 0.462. The van der Waals surface area contributed by atoms with Gasteiger partial charge in [-0.05, 0) is 64.4 Å². The van der Waals surface area contributed by atoms with Crippen LogP contribution in [0.2, 0.25) is 0 Å². The lowest BCUT2D eigenvalue weighted by molar-refractivity contribution is -0.125. The van der Waals surface area contributed by atoms with Gasteiger partial charge in [0.05, 0.1) is 16.6 Å². The number of amides is 2. The minimum atomic E-state index is -0.943. The van der Waals surface area contributed by atoms with E-state index in [4.69, 9.17) is 0 Å². The number of carbonyl (C=O) groups is 2. The van der Waals surface area contributed by atoms with Gasteiger partial charge in [0.1, 0.15) is 5.82 Å². The van der Waals surface area contributed by atoms with E-state index in [1.165, 1.54) is 18.2 Å². The summed E-state index contributed by atoms with van der Waals surface area (Å²) in [5.74, 6) is -1.42. The molecule has 2 aromatic carbocycles. The van der Waals surface area contributed by atoms with Crippen molar-refractivity contribution in [2.45, 2.75) is 59.1 Å². The third kappa shape index (κ3) is 9.26.